The smallest absolute Gasteiger partial charge is 0.419 e. The van der Waals surface area contributed by atoms with Crippen molar-refractivity contribution in [2.75, 3.05) is 6.54 Å². The van der Waals surface area contributed by atoms with E-state index in [4.69, 9.17) is 4.74 Å². The molecule has 2 unspecified atom stereocenters. The van der Waals surface area contributed by atoms with Gasteiger partial charge in [-0.2, -0.15) is 13.2 Å². The van der Waals surface area contributed by atoms with E-state index in [9.17, 15) is 18.3 Å². The summed E-state index contributed by atoms with van der Waals surface area (Å²) in [5.74, 6) is -0.254. The van der Waals surface area contributed by atoms with Crippen LogP contribution in [0.4, 0.5) is 13.2 Å². The number of aliphatic hydroxyl groups excluding tert-OH is 1. The summed E-state index contributed by atoms with van der Waals surface area (Å²) in [6.45, 7) is 6.12. The molecule has 0 aromatic heterocycles. The van der Waals surface area contributed by atoms with Crippen LogP contribution in [0.3, 0.4) is 0 Å². The third-order valence-corrected chi connectivity index (χ3v) is 3.10. The normalized spacial score (nSPS) is 14.8. The SMILES string of the molecule is CCCNCc1ccc(OC(C)C(C)O)c(C(F)(F)F)c1. The predicted molar refractivity (Wildman–Crippen MR) is 75.2 cm³/mol. The van der Waals surface area contributed by atoms with Crippen molar-refractivity contribution in [2.45, 2.75) is 52.1 Å². The summed E-state index contributed by atoms with van der Waals surface area (Å²) in [4.78, 5) is 0. The van der Waals surface area contributed by atoms with Crippen molar-refractivity contribution >= 4 is 0 Å². The first-order valence-electron chi connectivity index (χ1n) is 7.01. The van der Waals surface area contributed by atoms with E-state index in [0.29, 0.717) is 12.1 Å². The second-order valence-corrected chi connectivity index (χ2v) is 5.07. The van der Waals surface area contributed by atoms with E-state index in [0.717, 1.165) is 19.0 Å². The maximum absolute atomic E-state index is 13.1. The fourth-order valence-corrected chi connectivity index (χ4v) is 1.72. The number of alkyl halides is 3. The first-order valence-corrected chi connectivity index (χ1v) is 7.01. The highest BCUT2D eigenvalue weighted by Gasteiger charge is 2.35. The van der Waals surface area contributed by atoms with Gasteiger partial charge in [-0.25, -0.2) is 0 Å². The summed E-state index contributed by atoms with van der Waals surface area (Å²) in [5, 5.41) is 12.4. The molecule has 0 spiro atoms. The van der Waals surface area contributed by atoms with Crippen LogP contribution in [0, 0.1) is 0 Å². The molecule has 3 nitrogen and oxygen atoms in total. The highest BCUT2D eigenvalue weighted by molar-refractivity contribution is 5.39. The maximum Gasteiger partial charge on any atom is 0.419 e. The Hall–Kier alpha value is -1.27. The van der Waals surface area contributed by atoms with Crippen molar-refractivity contribution < 1.29 is 23.0 Å². The van der Waals surface area contributed by atoms with Gasteiger partial charge in [-0.3, -0.25) is 0 Å². The van der Waals surface area contributed by atoms with Crippen molar-refractivity contribution in [2.24, 2.45) is 0 Å². The van der Waals surface area contributed by atoms with Crippen LogP contribution in [0.2, 0.25) is 0 Å². The minimum atomic E-state index is -4.49. The average molecular weight is 305 g/mol. The molecule has 0 fully saturated rings. The minimum Gasteiger partial charge on any atom is -0.487 e. The predicted octanol–water partition coefficient (Wildman–Crippen LogP) is 3.35. The Morgan fingerprint density at radius 3 is 2.48 bits per heavy atom. The number of hydrogen-bond acceptors (Lipinski definition) is 3. The van der Waals surface area contributed by atoms with Gasteiger partial charge in [0.25, 0.3) is 0 Å². The second-order valence-electron chi connectivity index (χ2n) is 5.07. The van der Waals surface area contributed by atoms with Crippen LogP contribution in [0.1, 0.15) is 38.3 Å². The van der Waals surface area contributed by atoms with Crippen molar-refractivity contribution in [3.63, 3.8) is 0 Å². The Bertz CT molecular complexity index is 447. The molecular formula is C15H22F3NO2. The number of halogens is 3. The molecular weight excluding hydrogens is 283 g/mol. The molecule has 0 aliphatic heterocycles. The summed E-state index contributed by atoms with van der Waals surface area (Å²) in [6.07, 6.45) is -5.14. The van der Waals surface area contributed by atoms with Gasteiger partial charge in [0.1, 0.15) is 11.9 Å². The number of ether oxygens (including phenoxy) is 1. The van der Waals surface area contributed by atoms with E-state index in [2.05, 4.69) is 5.32 Å². The molecule has 0 bridgehead atoms. The topological polar surface area (TPSA) is 41.5 Å². The first-order chi connectivity index (χ1) is 9.75. The number of hydrogen-bond donors (Lipinski definition) is 2. The summed E-state index contributed by atoms with van der Waals surface area (Å²) in [5.41, 5.74) is -0.265. The molecule has 0 heterocycles. The first kappa shape index (κ1) is 17.8. The molecule has 6 heteroatoms. The van der Waals surface area contributed by atoms with Crippen LogP contribution in [-0.2, 0) is 12.7 Å². The number of aliphatic hydroxyl groups is 1. The van der Waals surface area contributed by atoms with Crippen molar-refractivity contribution in [3.05, 3.63) is 29.3 Å². The van der Waals surface area contributed by atoms with E-state index < -0.39 is 23.9 Å². The van der Waals surface area contributed by atoms with Crippen molar-refractivity contribution in [1.29, 1.82) is 0 Å². The van der Waals surface area contributed by atoms with E-state index >= 15 is 0 Å². The molecule has 1 rings (SSSR count). The third-order valence-electron chi connectivity index (χ3n) is 3.10. The molecule has 0 aliphatic rings. The molecule has 0 amide bonds. The van der Waals surface area contributed by atoms with Gasteiger partial charge in [0, 0.05) is 6.54 Å². The summed E-state index contributed by atoms with van der Waals surface area (Å²) in [7, 11) is 0. The molecule has 0 radical (unpaired) electrons. The Kier molecular flexibility index (Phi) is 6.48. The van der Waals surface area contributed by atoms with Gasteiger partial charge in [0.05, 0.1) is 11.7 Å². The van der Waals surface area contributed by atoms with E-state index in [1.807, 2.05) is 6.92 Å². The fourth-order valence-electron chi connectivity index (χ4n) is 1.72. The van der Waals surface area contributed by atoms with Crippen LogP contribution in [0.15, 0.2) is 18.2 Å². The van der Waals surface area contributed by atoms with Crippen molar-refractivity contribution in [3.8, 4) is 5.75 Å². The molecule has 2 N–H and O–H groups in total. The van der Waals surface area contributed by atoms with Gasteiger partial charge < -0.3 is 15.2 Å². The minimum absolute atomic E-state index is 0.254. The Morgan fingerprint density at radius 2 is 1.95 bits per heavy atom. The summed E-state index contributed by atoms with van der Waals surface area (Å²) in [6, 6.07) is 4.00. The van der Waals surface area contributed by atoms with Gasteiger partial charge in [-0.15, -0.1) is 0 Å². The van der Waals surface area contributed by atoms with Gasteiger partial charge >= 0.3 is 6.18 Å². The zero-order valence-corrected chi connectivity index (χ0v) is 12.5. The second kappa shape index (κ2) is 7.66. The summed E-state index contributed by atoms with van der Waals surface area (Å²) >= 11 is 0. The lowest BCUT2D eigenvalue weighted by Crippen LogP contribution is -2.26. The van der Waals surface area contributed by atoms with Crippen LogP contribution in [0.25, 0.3) is 0 Å². The van der Waals surface area contributed by atoms with Crippen molar-refractivity contribution in [1.82, 2.24) is 5.32 Å². The number of benzene rings is 1. The third kappa shape index (κ3) is 5.55. The average Bonchev–Trinajstić information content (AvgIpc) is 2.39. The van der Waals surface area contributed by atoms with Gasteiger partial charge in [-0.05, 0) is 44.5 Å². The molecule has 1 aromatic rings. The highest BCUT2D eigenvalue weighted by Crippen LogP contribution is 2.37. The monoisotopic (exact) mass is 305 g/mol. The Morgan fingerprint density at radius 1 is 1.29 bits per heavy atom. The van der Waals surface area contributed by atoms with Crippen LogP contribution < -0.4 is 10.1 Å². The van der Waals surface area contributed by atoms with E-state index in [1.165, 1.54) is 19.9 Å². The molecule has 1 aromatic carbocycles. The Balaban J connectivity index is 2.97. The van der Waals surface area contributed by atoms with E-state index in [-0.39, 0.29) is 5.75 Å². The maximum atomic E-state index is 13.1. The quantitative estimate of drug-likeness (QED) is 0.759. The van der Waals surface area contributed by atoms with Crippen LogP contribution in [0.5, 0.6) is 5.75 Å². The zero-order valence-electron chi connectivity index (χ0n) is 12.5. The zero-order chi connectivity index (χ0) is 16.0. The molecule has 21 heavy (non-hydrogen) atoms. The fraction of sp³-hybridized carbons (Fsp3) is 0.600. The number of nitrogens with one attached hydrogen (secondary N) is 1. The lowest BCUT2D eigenvalue weighted by molar-refractivity contribution is -0.139. The molecule has 0 saturated heterocycles. The molecule has 0 saturated carbocycles. The van der Waals surface area contributed by atoms with Gasteiger partial charge in [-0.1, -0.05) is 13.0 Å². The lowest BCUT2D eigenvalue weighted by Gasteiger charge is -2.21. The molecule has 120 valence electrons. The number of rotatable bonds is 7. The van der Waals surface area contributed by atoms with E-state index in [1.54, 1.807) is 6.07 Å². The highest BCUT2D eigenvalue weighted by atomic mass is 19.4. The Labute approximate surface area is 123 Å². The van der Waals surface area contributed by atoms with Gasteiger partial charge in [0.15, 0.2) is 0 Å². The molecule has 0 aliphatic carbocycles. The molecule has 2 atom stereocenters. The summed E-state index contributed by atoms with van der Waals surface area (Å²) < 4.78 is 44.5. The standard InChI is InChI=1S/C15H22F3NO2/c1-4-7-19-9-12-5-6-14(21-11(3)10(2)20)13(8-12)15(16,17)18/h5-6,8,10-11,19-20H,4,7,9H2,1-3H3. The van der Waals surface area contributed by atoms with Gasteiger partial charge in [0.2, 0.25) is 0 Å². The van der Waals surface area contributed by atoms with Crippen LogP contribution >= 0.6 is 0 Å². The largest absolute Gasteiger partial charge is 0.487 e. The lowest BCUT2D eigenvalue weighted by atomic mass is 10.1. The van der Waals surface area contributed by atoms with Crippen LogP contribution in [-0.4, -0.2) is 23.9 Å².